The summed E-state index contributed by atoms with van der Waals surface area (Å²) in [6.45, 7) is 1.01. The number of pyridine rings is 1. The summed E-state index contributed by atoms with van der Waals surface area (Å²) in [6.07, 6.45) is 2.99. The molecule has 0 aliphatic carbocycles. The fourth-order valence-corrected chi connectivity index (χ4v) is 4.47. The third-order valence-electron chi connectivity index (χ3n) is 4.28. The molecule has 25 heavy (non-hydrogen) atoms. The molecule has 0 amide bonds. The van der Waals surface area contributed by atoms with Crippen LogP contribution in [0.2, 0.25) is 0 Å². The Labute approximate surface area is 148 Å². The van der Waals surface area contributed by atoms with Crippen LogP contribution in [0.1, 0.15) is 24.0 Å². The van der Waals surface area contributed by atoms with E-state index in [4.69, 9.17) is 5.26 Å². The van der Waals surface area contributed by atoms with E-state index in [1.54, 1.807) is 16.4 Å². The summed E-state index contributed by atoms with van der Waals surface area (Å²) in [5.74, 6) is 0.757. The molecule has 0 radical (unpaired) electrons. The second-order valence-corrected chi connectivity index (χ2v) is 8.07. The number of nitriles is 1. The SMILES string of the molecule is N#Cc1ccc(NC2CCN(S(=O)(=O)Cc3ccccc3)CC2)nc1. The molecule has 3 rings (SSSR count). The topological polar surface area (TPSA) is 86.1 Å². The number of benzene rings is 1. The van der Waals surface area contributed by atoms with Gasteiger partial charge in [0.25, 0.3) is 0 Å². The lowest BCUT2D eigenvalue weighted by molar-refractivity contribution is 0.329. The summed E-state index contributed by atoms with van der Waals surface area (Å²) >= 11 is 0. The first kappa shape index (κ1) is 17.4. The standard InChI is InChI=1S/C18H20N4O2S/c19-12-16-6-7-18(20-13-16)21-17-8-10-22(11-9-17)25(23,24)14-15-4-2-1-3-5-15/h1-7,13,17H,8-11,14H2,(H,20,21). The van der Waals surface area contributed by atoms with Crippen molar-refractivity contribution in [2.75, 3.05) is 18.4 Å². The third kappa shape index (κ3) is 4.56. The minimum absolute atomic E-state index is 0.0448. The lowest BCUT2D eigenvalue weighted by atomic mass is 10.1. The van der Waals surface area contributed by atoms with E-state index >= 15 is 0 Å². The van der Waals surface area contributed by atoms with Gasteiger partial charge in [0.2, 0.25) is 10.0 Å². The first-order valence-electron chi connectivity index (χ1n) is 8.21. The van der Waals surface area contributed by atoms with Crippen molar-refractivity contribution < 1.29 is 8.42 Å². The van der Waals surface area contributed by atoms with Gasteiger partial charge in [-0.2, -0.15) is 5.26 Å². The Balaban J connectivity index is 1.55. The minimum Gasteiger partial charge on any atom is -0.367 e. The van der Waals surface area contributed by atoms with Crippen molar-refractivity contribution in [3.05, 3.63) is 59.8 Å². The number of anilines is 1. The molecule has 7 heteroatoms. The predicted molar refractivity (Wildman–Crippen MR) is 96.2 cm³/mol. The maximum atomic E-state index is 12.6. The monoisotopic (exact) mass is 356 g/mol. The zero-order valence-corrected chi connectivity index (χ0v) is 14.6. The Morgan fingerprint density at radius 3 is 2.48 bits per heavy atom. The molecule has 1 N–H and O–H groups in total. The van der Waals surface area contributed by atoms with Crippen molar-refractivity contribution in [2.24, 2.45) is 0 Å². The number of hydrogen-bond acceptors (Lipinski definition) is 5. The number of sulfonamides is 1. The number of aromatic nitrogens is 1. The van der Waals surface area contributed by atoms with Crippen molar-refractivity contribution in [3.63, 3.8) is 0 Å². The molecule has 130 valence electrons. The Morgan fingerprint density at radius 1 is 1.16 bits per heavy atom. The smallest absolute Gasteiger partial charge is 0.218 e. The van der Waals surface area contributed by atoms with E-state index in [0.29, 0.717) is 24.5 Å². The fourth-order valence-electron chi connectivity index (χ4n) is 2.91. The quantitative estimate of drug-likeness (QED) is 0.889. The number of rotatable bonds is 5. The van der Waals surface area contributed by atoms with Crippen LogP contribution in [0.5, 0.6) is 0 Å². The van der Waals surface area contributed by atoms with Gasteiger partial charge in [0.15, 0.2) is 0 Å². The van der Waals surface area contributed by atoms with Crippen molar-refractivity contribution in [2.45, 2.75) is 24.6 Å². The highest BCUT2D eigenvalue weighted by atomic mass is 32.2. The van der Waals surface area contributed by atoms with Gasteiger partial charge in [0.1, 0.15) is 11.9 Å². The van der Waals surface area contributed by atoms with Crippen LogP contribution in [0.15, 0.2) is 48.7 Å². The van der Waals surface area contributed by atoms with E-state index in [0.717, 1.165) is 18.4 Å². The molecule has 0 bridgehead atoms. The summed E-state index contributed by atoms with van der Waals surface area (Å²) in [7, 11) is -3.29. The number of hydrogen-bond donors (Lipinski definition) is 1. The molecule has 1 aromatic carbocycles. The fraction of sp³-hybridized carbons (Fsp3) is 0.333. The minimum atomic E-state index is -3.29. The Kier molecular flexibility index (Phi) is 5.31. The summed E-state index contributed by atoms with van der Waals surface area (Å²) in [6, 6.07) is 15.0. The molecule has 2 aromatic rings. The van der Waals surface area contributed by atoms with Crippen LogP contribution >= 0.6 is 0 Å². The highest BCUT2D eigenvalue weighted by molar-refractivity contribution is 7.88. The van der Waals surface area contributed by atoms with Crippen LogP contribution in [0.25, 0.3) is 0 Å². The largest absolute Gasteiger partial charge is 0.367 e. The van der Waals surface area contributed by atoms with Gasteiger partial charge in [0, 0.05) is 25.3 Å². The lowest BCUT2D eigenvalue weighted by Gasteiger charge is -2.31. The predicted octanol–water partition coefficient (Wildman–Crippen LogP) is 2.36. The molecule has 1 aliphatic heterocycles. The summed E-state index contributed by atoms with van der Waals surface area (Å²) in [4.78, 5) is 4.20. The van der Waals surface area contributed by atoms with E-state index in [1.165, 1.54) is 6.20 Å². The average molecular weight is 356 g/mol. The van der Waals surface area contributed by atoms with Gasteiger partial charge in [-0.15, -0.1) is 0 Å². The van der Waals surface area contributed by atoms with Gasteiger partial charge in [-0.3, -0.25) is 0 Å². The van der Waals surface area contributed by atoms with Crippen molar-refractivity contribution in [3.8, 4) is 6.07 Å². The molecule has 2 heterocycles. The molecule has 1 aliphatic rings. The molecule has 0 spiro atoms. The maximum Gasteiger partial charge on any atom is 0.218 e. The molecule has 0 unspecified atom stereocenters. The second-order valence-electron chi connectivity index (χ2n) is 6.10. The van der Waals surface area contributed by atoms with E-state index in [9.17, 15) is 8.42 Å². The second kappa shape index (κ2) is 7.64. The van der Waals surface area contributed by atoms with Crippen LogP contribution in [0.4, 0.5) is 5.82 Å². The molecule has 1 saturated heterocycles. The number of nitrogens with one attached hydrogen (secondary N) is 1. The zero-order valence-electron chi connectivity index (χ0n) is 13.8. The normalized spacial score (nSPS) is 16.3. The van der Waals surface area contributed by atoms with Gasteiger partial charge >= 0.3 is 0 Å². The average Bonchev–Trinajstić information content (AvgIpc) is 2.63. The first-order valence-corrected chi connectivity index (χ1v) is 9.82. The molecular formula is C18H20N4O2S. The Hall–Kier alpha value is -2.43. The summed E-state index contributed by atoms with van der Waals surface area (Å²) in [5, 5.41) is 12.1. The highest BCUT2D eigenvalue weighted by Crippen LogP contribution is 2.20. The van der Waals surface area contributed by atoms with E-state index < -0.39 is 10.0 Å². The van der Waals surface area contributed by atoms with Crippen molar-refractivity contribution in [1.29, 1.82) is 5.26 Å². The van der Waals surface area contributed by atoms with Crippen LogP contribution in [0, 0.1) is 11.3 Å². The molecule has 6 nitrogen and oxygen atoms in total. The zero-order chi connectivity index (χ0) is 17.7. The maximum absolute atomic E-state index is 12.6. The summed E-state index contributed by atoms with van der Waals surface area (Å²) < 4.78 is 26.7. The number of nitrogens with zero attached hydrogens (tertiary/aromatic N) is 3. The van der Waals surface area contributed by atoms with Crippen LogP contribution in [0.3, 0.4) is 0 Å². The van der Waals surface area contributed by atoms with Gasteiger partial charge in [-0.1, -0.05) is 30.3 Å². The number of piperidine rings is 1. The molecule has 0 atom stereocenters. The van der Waals surface area contributed by atoms with Gasteiger partial charge in [-0.25, -0.2) is 17.7 Å². The van der Waals surface area contributed by atoms with Crippen LogP contribution < -0.4 is 5.32 Å². The molecule has 0 saturated carbocycles. The molecule has 1 aromatic heterocycles. The van der Waals surface area contributed by atoms with Crippen LogP contribution in [-0.4, -0.2) is 36.8 Å². The Morgan fingerprint density at radius 2 is 1.88 bits per heavy atom. The van der Waals surface area contributed by atoms with Gasteiger partial charge in [0.05, 0.1) is 11.3 Å². The first-order chi connectivity index (χ1) is 12.1. The van der Waals surface area contributed by atoms with E-state index in [1.807, 2.05) is 36.4 Å². The van der Waals surface area contributed by atoms with E-state index in [2.05, 4.69) is 10.3 Å². The van der Waals surface area contributed by atoms with Crippen molar-refractivity contribution >= 4 is 15.8 Å². The van der Waals surface area contributed by atoms with Crippen molar-refractivity contribution in [1.82, 2.24) is 9.29 Å². The van der Waals surface area contributed by atoms with E-state index in [-0.39, 0.29) is 11.8 Å². The molecule has 1 fully saturated rings. The van der Waals surface area contributed by atoms with Gasteiger partial charge in [-0.05, 0) is 30.5 Å². The molecular weight excluding hydrogens is 336 g/mol. The van der Waals surface area contributed by atoms with Crippen LogP contribution in [-0.2, 0) is 15.8 Å². The highest BCUT2D eigenvalue weighted by Gasteiger charge is 2.28. The van der Waals surface area contributed by atoms with Gasteiger partial charge < -0.3 is 5.32 Å². The summed E-state index contributed by atoms with van der Waals surface area (Å²) in [5.41, 5.74) is 1.33. The Bertz CT molecular complexity index is 837. The third-order valence-corrected chi connectivity index (χ3v) is 6.13. The lowest BCUT2D eigenvalue weighted by Crippen LogP contribution is -2.42.